The monoisotopic (exact) mass is 415 g/mol. The Hall–Kier alpha value is -3.52. The highest BCUT2D eigenvalue weighted by Crippen LogP contribution is 2.24. The number of methoxy groups -OCH3 is 1. The van der Waals surface area contributed by atoms with Crippen LogP contribution in [-0.4, -0.2) is 33.9 Å². The van der Waals surface area contributed by atoms with Crippen molar-refractivity contribution in [2.45, 2.75) is 6.61 Å². The van der Waals surface area contributed by atoms with E-state index in [1.165, 1.54) is 25.0 Å². The maximum Gasteiger partial charge on any atom is 0.356 e. The highest BCUT2D eigenvalue weighted by Gasteiger charge is 2.19. The molecule has 3 rings (SSSR count). The van der Waals surface area contributed by atoms with Crippen molar-refractivity contribution in [2.75, 3.05) is 12.4 Å². The molecule has 0 spiro atoms. The number of nitrogens with one attached hydrogen (secondary N) is 1. The minimum atomic E-state index is -1.19. The van der Waals surface area contributed by atoms with E-state index in [0.29, 0.717) is 27.6 Å². The third-order valence-electron chi connectivity index (χ3n) is 4.14. The van der Waals surface area contributed by atoms with E-state index in [1.807, 2.05) is 0 Å². The standard InChI is InChI=1S/C20H18ClN3O5/c1-24-18(20(26)27)16(10-22-24)23-19(25)12-3-8-17(28-2)13(9-12)11-29-15-6-4-14(21)5-7-15/h3-10H,11H2,1-2H3,(H,23,25)(H,26,27). The van der Waals surface area contributed by atoms with Gasteiger partial charge >= 0.3 is 5.97 Å². The number of hydrogen-bond donors (Lipinski definition) is 2. The Labute approximate surface area is 171 Å². The van der Waals surface area contributed by atoms with Gasteiger partial charge in [-0.2, -0.15) is 5.10 Å². The summed E-state index contributed by atoms with van der Waals surface area (Å²) >= 11 is 5.87. The topological polar surface area (TPSA) is 103 Å². The number of nitrogens with zero attached hydrogens (tertiary/aromatic N) is 2. The summed E-state index contributed by atoms with van der Waals surface area (Å²) in [6.07, 6.45) is 1.29. The number of aromatic nitrogens is 2. The van der Waals surface area contributed by atoms with Crippen molar-refractivity contribution in [3.05, 3.63) is 70.5 Å². The van der Waals surface area contributed by atoms with E-state index >= 15 is 0 Å². The summed E-state index contributed by atoms with van der Waals surface area (Å²) in [4.78, 5) is 24.0. The highest BCUT2D eigenvalue weighted by atomic mass is 35.5. The summed E-state index contributed by atoms with van der Waals surface area (Å²) < 4.78 is 12.2. The molecule has 2 N–H and O–H groups in total. The van der Waals surface area contributed by atoms with Gasteiger partial charge in [0.25, 0.3) is 5.91 Å². The first-order chi connectivity index (χ1) is 13.9. The Morgan fingerprint density at radius 2 is 1.93 bits per heavy atom. The van der Waals surface area contributed by atoms with Gasteiger partial charge in [0, 0.05) is 23.2 Å². The zero-order valence-electron chi connectivity index (χ0n) is 15.7. The molecule has 0 fully saturated rings. The average molecular weight is 416 g/mol. The molecule has 0 aliphatic rings. The van der Waals surface area contributed by atoms with Crippen LogP contribution in [0.5, 0.6) is 11.5 Å². The molecule has 0 aliphatic carbocycles. The molecule has 8 nitrogen and oxygen atoms in total. The van der Waals surface area contributed by atoms with Crippen LogP contribution >= 0.6 is 11.6 Å². The van der Waals surface area contributed by atoms with Crippen molar-refractivity contribution >= 4 is 29.2 Å². The van der Waals surface area contributed by atoms with E-state index in [0.717, 1.165) is 0 Å². The van der Waals surface area contributed by atoms with Gasteiger partial charge in [-0.05, 0) is 42.5 Å². The van der Waals surface area contributed by atoms with Gasteiger partial charge in [0.05, 0.1) is 19.0 Å². The largest absolute Gasteiger partial charge is 0.496 e. The van der Waals surface area contributed by atoms with E-state index < -0.39 is 11.9 Å². The quantitative estimate of drug-likeness (QED) is 0.611. The number of aryl methyl sites for hydroxylation is 1. The molecule has 1 aromatic heterocycles. The Bertz CT molecular complexity index is 1050. The molecule has 0 radical (unpaired) electrons. The number of carboxylic acids is 1. The number of carbonyl (C=O) groups excluding carboxylic acids is 1. The number of anilines is 1. The molecule has 29 heavy (non-hydrogen) atoms. The number of hydrogen-bond acceptors (Lipinski definition) is 5. The number of carboxylic acid groups (broad SMARTS) is 1. The number of ether oxygens (including phenoxy) is 2. The normalized spacial score (nSPS) is 10.4. The van der Waals surface area contributed by atoms with E-state index in [1.54, 1.807) is 42.5 Å². The predicted molar refractivity (Wildman–Crippen MR) is 107 cm³/mol. The van der Waals surface area contributed by atoms with Crippen molar-refractivity contribution < 1.29 is 24.2 Å². The van der Waals surface area contributed by atoms with Gasteiger partial charge in [-0.1, -0.05) is 11.6 Å². The molecular formula is C20H18ClN3O5. The molecule has 150 valence electrons. The highest BCUT2D eigenvalue weighted by molar-refractivity contribution is 6.30. The van der Waals surface area contributed by atoms with Crippen LogP contribution in [-0.2, 0) is 13.7 Å². The van der Waals surface area contributed by atoms with Crippen LogP contribution in [0.25, 0.3) is 0 Å². The third-order valence-corrected chi connectivity index (χ3v) is 4.39. The smallest absolute Gasteiger partial charge is 0.356 e. The second-order valence-corrected chi connectivity index (χ2v) is 6.50. The molecule has 0 bridgehead atoms. The first-order valence-electron chi connectivity index (χ1n) is 8.51. The molecule has 1 heterocycles. The van der Waals surface area contributed by atoms with Gasteiger partial charge in [0.15, 0.2) is 5.69 Å². The lowest BCUT2D eigenvalue weighted by atomic mass is 10.1. The fourth-order valence-corrected chi connectivity index (χ4v) is 2.83. The lowest BCUT2D eigenvalue weighted by molar-refractivity contribution is 0.0686. The van der Waals surface area contributed by atoms with Crippen molar-refractivity contribution in [2.24, 2.45) is 7.05 Å². The number of rotatable bonds is 7. The fourth-order valence-electron chi connectivity index (χ4n) is 2.70. The number of benzene rings is 2. The Balaban J connectivity index is 1.79. The first kappa shape index (κ1) is 20.2. The first-order valence-corrected chi connectivity index (χ1v) is 8.88. The van der Waals surface area contributed by atoms with Crippen molar-refractivity contribution in [1.29, 1.82) is 0 Å². The Morgan fingerprint density at radius 3 is 2.59 bits per heavy atom. The summed E-state index contributed by atoms with van der Waals surface area (Å²) in [6, 6.07) is 11.8. The van der Waals surface area contributed by atoms with Crippen LogP contribution < -0.4 is 14.8 Å². The maximum absolute atomic E-state index is 12.6. The SMILES string of the molecule is COc1ccc(C(=O)Nc2cnn(C)c2C(=O)O)cc1COc1ccc(Cl)cc1. The predicted octanol–water partition coefficient (Wildman–Crippen LogP) is 3.61. The molecule has 2 aromatic carbocycles. The van der Waals surface area contributed by atoms with Crippen LogP contribution in [0.3, 0.4) is 0 Å². The van der Waals surface area contributed by atoms with E-state index in [4.69, 9.17) is 21.1 Å². The van der Waals surface area contributed by atoms with Crippen LogP contribution in [0.4, 0.5) is 5.69 Å². The van der Waals surface area contributed by atoms with Crippen LogP contribution in [0.1, 0.15) is 26.4 Å². The molecule has 0 saturated carbocycles. The zero-order valence-corrected chi connectivity index (χ0v) is 16.4. The van der Waals surface area contributed by atoms with E-state index in [2.05, 4.69) is 10.4 Å². The number of halogens is 1. The summed E-state index contributed by atoms with van der Waals surface area (Å²) in [5, 5.41) is 16.3. The van der Waals surface area contributed by atoms with Crippen LogP contribution in [0.2, 0.25) is 5.02 Å². The van der Waals surface area contributed by atoms with Gasteiger partial charge in [0.1, 0.15) is 18.1 Å². The summed E-state index contributed by atoms with van der Waals surface area (Å²) in [7, 11) is 3.01. The van der Waals surface area contributed by atoms with Crippen molar-refractivity contribution in [1.82, 2.24) is 9.78 Å². The van der Waals surface area contributed by atoms with Gasteiger partial charge in [-0.25, -0.2) is 4.79 Å². The number of aromatic carboxylic acids is 1. The van der Waals surface area contributed by atoms with E-state index in [9.17, 15) is 14.7 Å². The van der Waals surface area contributed by atoms with Crippen LogP contribution in [0.15, 0.2) is 48.7 Å². The average Bonchev–Trinajstić information content (AvgIpc) is 3.07. The van der Waals surface area contributed by atoms with Crippen LogP contribution in [0, 0.1) is 0 Å². The van der Waals surface area contributed by atoms with Gasteiger partial charge in [0.2, 0.25) is 0 Å². The third kappa shape index (κ3) is 4.67. The molecule has 0 atom stereocenters. The maximum atomic E-state index is 12.6. The minimum absolute atomic E-state index is 0.111. The Kier molecular flexibility index (Phi) is 6.04. The lowest BCUT2D eigenvalue weighted by Gasteiger charge is -2.12. The fraction of sp³-hybridized carbons (Fsp3) is 0.150. The minimum Gasteiger partial charge on any atom is -0.496 e. The van der Waals surface area contributed by atoms with E-state index in [-0.39, 0.29) is 18.0 Å². The van der Waals surface area contributed by atoms with Gasteiger partial charge < -0.3 is 19.9 Å². The molecule has 0 saturated heterocycles. The van der Waals surface area contributed by atoms with Gasteiger partial charge in [-0.3, -0.25) is 9.48 Å². The Morgan fingerprint density at radius 1 is 1.21 bits per heavy atom. The summed E-state index contributed by atoms with van der Waals surface area (Å²) in [6.45, 7) is 0.166. The molecule has 1 amide bonds. The number of amides is 1. The molecule has 3 aromatic rings. The lowest BCUT2D eigenvalue weighted by Crippen LogP contribution is -2.16. The molecule has 0 unspecified atom stereocenters. The summed E-state index contributed by atoms with van der Waals surface area (Å²) in [5.74, 6) is -0.487. The second-order valence-electron chi connectivity index (χ2n) is 6.06. The van der Waals surface area contributed by atoms with Crippen molar-refractivity contribution in [3.63, 3.8) is 0 Å². The molecule has 0 aliphatic heterocycles. The van der Waals surface area contributed by atoms with Crippen molar-refractivity contribution in [3.8, 4) is 11.5 Å². The molecule has 9 heteroatoms. The number of carbonyl (C=O) groups is 2. The van der Waals surface area contributed by atoms with Gasteiger partial charge in [-0.15, -0.1) is 0 Å². The second kappa shape index (κ2) is 8.66. The molecular weight excluding hydrogens is 398 g/mol. The zero-order chi connectivity index (χ0) is 21.0. The summed E-state index contributed by atoms with van der Waals surface area (Å²) in [5.41, 5.74) is 0.971.